The summed E-state index contributed by atoms with van der Waals surface area (Å²) in [5, 5.41) is 11.6. The van der Waals surface area contributed by atoms with Crippen molar-refractivity contribution < 1.29 is 24.2 Å². The molecule has 1 aliphatic rings. The molecule has 6 nitrogen and oxygen atoms in total. The van der Waals surface area contributed by atoms with Crippen LogP contribution in [0.5, 0.6) is 5.75 Å². The van der Waals surface area contributed by atoms with Crippen LogP contribution in [0.4, 0.5) is 4.79 Å². The molecule has 0 aromatic heterocycles. The Morgan fingerprint density at radius 3 is 2.76 bits per heavy atom. The molecule has 2 N–H and O–H groups in total. The van der Waals surface area contributed by atoms with Crippen LogP contribution in [0.2, 0.25) is 0 Å². The average Bonchev–Trinajstić information content (AvgIpc) is 2.75. The van der Waals surface area contributed by atoms with Crippen LogP contribution in [0.25, 0.3) is 0 Å². The molecule has 0 radical (unpaired) electrons. The number of amides is 1. The molecule has 1 aromatic carbocycles. The minimum atomic E-state index is -0.989. The molecular formula is C15H19NO5. The Bertz CT molecular complexity index is 562. The van der Waals surface area contributed by atoms with Crippen LogP contribution in [0, 0.1) is 0 Å². The summed E-state index contributed by atoms with van der Waals surface area (Å²) in [7, 11) is 0. The zero-order valence-electron chi connectivity index (χ0n) is 12.3. The van der Waals surface area contributed by atoms with E-state index < -0.39 is 17.7 Å². The third kappa shape index (κ3) is 4.11. The van der Waals surface area contributed by atoms with Crippen molar-refractivity contribution in [3.63, 3.8) is 0 Å². The summed E-state index contributed by atoms with van der Waals surface area (Å²) in [6.07, 6.45) is -0.0739. The van der Waals surface area contributed by atoms with E-state index >= 15 is 0 Å². The Morgan fingerprint density at radius 1 is 1.43 bits per heavy atom. The molecule has 6 heteroatoms. The van der Waals surface area contributed by atoms with E-state index in [1.807, 2.05) is 0 Å². The number of carbonyl (C=O) groups is 2. The number of carbonyl (C=O) groups excluding carboxylic acids is 1. The highest BCUT2D eigenvalue weighted by Crippen LogP contribution is 2.29. The molecule has 1 unspecified atom stereocenters. The van der Waals surface area contributed by atoms with E-state index in [-0.39, 0.29) is 11.7 Å². The van der Waals surface area contributed by atoms with Crippen molar-refractivity contribution >= 4 is 12.1 Å². The maximum Gasteiger partial charge on any atom is 0.407 e. The summed E-state index contributed by atoms with van der Waals surface area (Å²) in [4.78, 5) is 22.5. The number of rotatable bonds is 3. The topological polar surface area (TPSA) is 84.9 Å². The SMILES string of the molecule is CC(C)(C)OC(=O)NCC1Cc2ccc(C(=O)O)cc2O1. The van der Waals surface area contributed by atoms with E-state index in [9.17, 15) is 9.59 Å². The minimum absolute atomic E-state index is 0.189. The van der Waals surface area contributed by atoms with Gasteiger partial charge in [0, 0.05) is 6.42 Å². The third-order valence-electron chi connectivity index (χ3n) is 2.93. The first-order chi connectivity index (χ1) is 9.74. The molecule has 0 bridgehead atoms. The smallest absolute Gasteiger partial charge is 0.407 e. The Hall–Kier alpha value is -2.24. The summed E-state index contributed by atoms with van der Waals surface area (Å²) >= 11 is 0. The molecule has 2 rings (SSSR count). The highest BCUT2D eigenvalue weighted by Gasteiger charge is 2.25. The Balaban J connectivity index is 1.89. The lowest BCUT2D eigenvalue weighted by Crippen LogP contribution is -2.38. The Morgan fingerprint density at radius 2 is 2.14 bits per heavy atom. The maximum absolute atomic E-state index is 11.6. The van der Waals surface area contributed by atoms with Gasteiger partial charge in [-0.1, -0.05) is 6.07 Å². The lowest BCUT2D eigenvalue weighted by atomic mass is 10.1. The zero-order valence-corrected chi connectivity index (χ0v) is 12.3. The largest absolute Gasteiger partial charge is 0.488 e. The molecule has 0 aliphatic carbocycles. The molecule has 0 spiro atoms. The quantitative estimate of drug-likeness (QED) is 0.892. The van der Waals surface area contributed by atoms with E-state index in [4.69, 9.17) is 14.6 Å². The van der Waals surface area contributed by atoms with E-state index in [0.29, 0.717) is 18.7 Å². The predicted octanol–water partition coefficient (Wildman–Crippen LogP) is 2.21. The lowest BCUT2D eigenvalue weighted by molar-refractivity contribution is 0.0505. The van der Waals surface area contributed by atoms with Gasteiger partial charge in [0.15, 0.2) is 0 Å². The van der Waals surface area contributed by atoms with Crippen LogP contribution < -0.4 is 10.1 Å². The summed E-state index contributed by atoms with van der Waals surface area (Å²) < 4.78 is 10.8. The van der Waals surface area contributed by atoms with Crippen LogP contribution >= 0.6 is 0 Å². The summed E-state index contributed by atoms with van der Waals surface area (Å²) in [5.41, 5.74) is 0.588. The van der Waals surface area contributed by atoms with Crippen LogP contribution in [0.1, 0.15) is 36.7 Å². The van der Waals surface area contributed by atoms with E-state index in [0.717, 1.165) is 5.56 Å². The van der Waals surface area contributed by atoms with Crippen molar-refractivity contribution in [3.05, 3.63) is 29.3 Å². The molecule has 1 aliphatic heterocycles. The highest BCUT2D eigenvalue weighted by molar-refractivity contribution is 5.88. The van der Waals surface area contributed by atoms with Crippen molar-refractivity contribution in [1.29, 1.82) is 0 Å². The van der Waals surface area contributed by atoms with E-state index in [2.05, 4.69) is 5.32 Å². The molecule has 0 saturated carbocycles. The number of hydrogen-bond donors (Lipinski definition) is 2. The molecular weight excluding hydrogens is 274 g/mol. The first-order valence-corrected chi connectivity index (χ1v) is 6.74. The van der Waals surface area contributed by atoms with Gasteiger partial charge < -0.3 is 19.9 Å². The van der Waals surface area contributed by atoms with Crippen LogP contribution in [0.15, 0.2) is 18.2 Å². The van der Waals surface area contributed by atoms with Crippen molar-refractivity contribution in [3.8, 4) is 5.75 Å². The Labute approximate surface area is 123 Å². The second-order valence-electron chi connectivity index (χ2n) is 5.95. The fourth-order valence-electron chi connectivity index (χ4n) is 2.06. The lowest BCUT2D eigenvalue weighted by Gasteiger charge is -2.20. The fraction of sp³-hybridized carbons (Fsp3) is 0.467. The van der Waals surface area contributed by atoms with Gasteiger partial charge in [0.25, 0.3) is 0 Å². The number of hydrogen-bond acceptors (Lipinski definition) is 4. The first kappa shape index (κ1) is 15.2. The second-order valence-corrected chi connectivity index (χ2v) is 5.95. The predicted molar refractivity (Wildman–Crippen MR) is 75.8 cm³/mol. The maximum atomic E-state index is 11.6. The van der Waals surface area contributed by atoms with Crippen molar-refractivity contribution in [2.75, 3.05) is 6.54 Å². The van der Waals surface area contributed by atoms with Gasteiger partial charge >= 0.3 is 12.1 Å². The van der Waals surface area contributed by atoms with Crippen LogP contribution in [-0.4, -0.2) is 35.4 Å². The number of carboxylic acids is 1. The number of nitrogens with one attached hydrogen (secondary N) is 1. The summed E-state index contributed by atoms with van der Waals surface area (Å²) in [5.74, 6) is -0.428. The molecule has 21 heavy (non-hydrogen) atoms. The third-order valence-corrected chi connectivity index (χ3v) is 2.93. The number of carboxylic acid groups (broad SMARTS) is 1. The van der Waals surface area contributed by atoms with Gasteiger partial charge in [-0.15, -0.1) is 0 Å². The minimum Gasteiger partial charge on any atom is -0.488 e. The average molecular weight is 293 g/mol. The highest BCUT2D eigenvalue weighted by atomic mass is 16.6. The molecule has 0 fully saturated rings. The van der Waals surface area contributed by atoms with Crippen LogP contribution in [0.3, 0.4) is 0 Å². The number of benzene rings is 1. The molecule has 114 valence electrons. The first-order valence-electron chi connectivity index (χ1n) is 6.74. The van der Waals surface area contributed by atoms with Gasteiger partial charge in [-0.05, 0) is 38.5 Å². The van der Waals surface area contributed by atoms with E-state index in [1.165, 1.54) is 6.07 Å². The zero-order chi connectivity index (χ0) is 15.6. The standard InChI is InChI=1S/C15H19NO5/c1-15(2,3)21-14(19)16-8-11-6-9-4-5-10(13(17)18)7-12(9)20-11/h4-5,7,11H,6,8H2,1-3H3,(H,16,19)(H,17,18). The van der Waals surface area contributed by atoms with Crippen molar-refractivity contribution in [2.45, 2.75) is 38.9 Å². The number of ether oxygens (including phenoxy) is 2. The summed E-state index contributed by atoms with van der Waals surface area (Å²) in [6, 6.07) is 4.80. The van der Waals surface area contributed by atoms with Gasteiger partial charge in [-0.3, -0.25) is 0 Å². The number of fused-ring (bicyclic) bond motifs is 1. The summed E-state index contributed by atoms with van der Waals surface area (Å²) in [6.45, 7) is 5.69. The fourth-order valence-corrected chi connectivity index (χ4v) is 2.06. The van der Waals surface area contributed by atoms with Gasteiger partial charge in [-0.25, -0.2) is 9.59 Å². The molecule has 1 aromatic rings. The van der Waals surface area contributed by atoms with Crippen LogP contribution in [-0.2, 0) is 11.2 Å². The number of aromatic carboxylic acids is 1. The van der Waals surface area contributed by atoms with Gasteiger partial charge in [-0.2, -0.15) is 0 Å². The van der Waals surface area contributed by atoms with Gasteiger partial charge in [0.2, 0.25) is 0 Å². The molecule has 0 saturated heterocycles. The van der Waals surface area contributed by atoms with Gasteiger partial charge in [0.05, 0.1) is 12.1 Å². The monoisotopic (exact) mass is 293 g/mol. The molecule has 1 atom stereocenters. The van der Waals surface area contributed by atoms with Crippen molar-refractivity contribution in [1.82, 2.24) is 5.32 Å². The van der Waals surface area contributed by atoms with Crippen molar-refractivity contribution in [2.24, 2.45) is 0 Å². The number of alkyl carbamates (subject to hydrolysis) is 1. The molecule has 1 amide bonds. The van der Waals surface area contributed by atoms with E-state index in [1.54, 1.807) is 32.9 Å². The normalized spacial score (nSPS) is 16.8. The second kappa shape index (κ2) is 5.63. The Kier molecular flexibility index (Phi) is 4.06. The van der Waals surface area contributed by atoms with Gasteiger partial charge in [0.1, 0.15) is 17.5 Å². The molecule has 1 heterocycles.